The molecule has 3 atom stereocenters. The summed E-state index contributed by atoms with van der Waals surface area (Å²) >= 11 is 2.15. The second-order valence-electron chi connectivity index (χ2n) is 3.91. The Bertz CT molecular complexity index is 263. The molecule has 4 heteroatoms. The average Bonchev–Trinajstić information content (AvgIpc) is 2.17. The number of rotatable bonds is 4. The van der Waals surface area contributed by atoms with Crippen LogP contribution in [0.5, 0.6) is 0 Å². The molecule has 0 aromatic carbocycles. The summed E-state index contributed by atoms with van der Waals surface area (Å²) in [5.41, 5.74) is 0. The number of hydrogen-bond donors (Lipinski definition) is 0. The van der Waals surface area contributed by atoms with Gasteiger partial charge in [-0.3, -0.25) is 4.79 Å². The van der Waals surface area contributed by atoms with Crippen LogP contribution in [0.25, 0.3) is 0 Å². The molecule has 15 heavy (non-hydrogen) atoms. The predicted molar refractivity (Wildman–Crippen MR) is 65.6 cm³/mol. The van der Waals surface area contributed by atoms with Crippen LogP contribution >= 0.6 is 22.6 Å². The van der Waals surface area contributed by atoms with Crippen molar-refractivity contribution in [1.82, 2.24) is 0 Å². The smallest absolute Gasteiger partial charge is 0.306 e. The maximum Gasteiger partial charge on any atom is 0.306 e. The number of esters is 1. The minimum atomic E-state index is -0.174. The first-order chi connectivity index (χ1) is 7.17. The molecule has 1 rings (SSSR count). The van der Waals surface area contributed by atoms with Gasteiger partial charge in [-0.1, -0.05) is 35.6 Å². The van der Waals surface area contributed by atoms with Crippen molar-refractivity contribution < 1.29 is 14.3 Å². The van der Waals surface area contributed by atoms with E-state index < -0.39 is 0 Å². The van der Waals surface area contributed by atoms with E-state index in [0.29, 0.717) is 12.8 Å². The zero-order valence-corrected chi connectivity index (χ0v) is 10.8. The normalized spacial score (nSPS) is 28.8. The van der Waals surface area contributed by atoms with Crippen molar-refractivity contribution in [3.63, 3.8) is 0 Å². The predicted octanol–water partition coefficient (Wildman–Crippen LogP) is 2.48. The van der Waals surface area contributed by atoms with Gasteiger partial charge in [0, 0.05) is 18.8 Å². The van der Waals surface area contributed by atoms with E-state index in [4.69, 9.17) is 4.74 Å². The fraction of sp³-hybridized carbons (Fsp3) is 0.636. The molecule has 0 N–H and O–H groups in total. The molecule has 84 valence electrons. The fourth-order valence-electron chi connectivity index (χ4n) is 1.79. The van der Waals surface area contributed by atoms with Crippen LogP contribution in [0, 0.1) is 11.8 Å². The van der Waals surface area contributed by atoms with Crippen LogP contribution in [0.3, 0.4) is 0 Å². The summed E-state index contributed by atoms with van der Waals surface area (Å²) in [5, 5.41) is 0. The van der Waals surface area contributed by atoms with E-state index in [0.717, 1.165) is 12.7 Å². The number of hydrogen-bond acceptors (Lipinski definition) is 3. The molecule has 0 aromatic rings. The van der Waals surface area contributed by atoms with E-state index >= 15 is 0 Å². The van der Waals surface area contributed by atoms with Crippen LogP contribution in [0.2, 0.25) is 0 Å². The highest BCUT2D eigenvalue weighted by atomic mass is 127. The first-order valence-corrected chi connectivity index (χ1v) is 6.32. The minimum absolute atomic E-state index is 0.0674. The molecule has 0 amide bonds. The Hall–Kier alpha value is -0.390. The van der Waals surface area contributed by atoms with Crippen molar-refractivity contribution in [1.29, 1.82) is 0 Å². The van der Waals surface area contributed by atoms with E-state index in [1.807, 2.05) is 17.1 Å². The van der Waals surface area contributed by atoms with Crippen molar-refractivity contribution in [2.45, 2.75) is 32.3 Å². The van der Waals surface area contributed by atoms with E-state index in [-0.39, 0.29) is 23.9 Å². The summed E-state index contributed by atoms with van der Waals surface area (Å²) in [5.74, 6) is 0.214. The molecule has 0 aliphatic carbocycles. The van der Waals surface area contributed by atoms with Crippen LogP contribution < -0.4 is 0 Å². The maximum atomic E-state index is 11.3. The van der Waals surface area contributed by atoms with Gasteiger partial charge in [-0.05, 0) is 16.4 Å². The van der Waals surface area contributed by atoms with Gasteiger partial charge in [0.2, 0.25) is 0 Å². The van der Waals surface area contributed by atoms with Gasteiger partial charge in [-0.15, -0.1) is 0 Å². The lowest BCUT2D eigenvalue weighted by molar-refractivity contribution is -0.159. The number of halogens is 1. The van der Waals surface area contributed by atoms with Crippen LogP contribution in [-0.2, 0) is 14.3 Å². The van der Waals surface area contributed by atoms with Gasteiger partial charge >= 0.3 is 5.97 Å². The molecule has 0 saturated carbocycles. The summed E-state index contributed by atoms with van der Waals surface area (Å²) in [4.78, 5) is 21.7. The standard InChI is InChI=1S/C11H15IO3/c1-8(2-4-12)10-6-9(3-5-13)7-11(14)15-10/h2,4-5,8-10H,3,6-7H2,1H3/b4-2+/t8-,9-,10-/m1/s1. The maximum absolute atomic E-state index is 11.3. The van der Waals surface area contributed by atoms with Crippen LogP contribution in [0.1, 0.15) is 26.2 Å². The second-order valence-corrected chi connectivity index (χ2v) is 4.63. The van der Waals surface area contributed by atoms with E-state index in [9.17, 15) is 9.59 Å². The molecule has 0 unspecified atom stereocenters. The van der Waals surface area contributed by atoms with Crippen molar-refractivity contribution in [2.24, 2.45) is 11.8 Å². The molecular weight excluding hydrogens is 307 g/mol. The third kappa shape index (κ3) is 3.93. The van der Waals surface area contributed by atoms with Gasteiger partial charge in [-0.25, -0.2) is 0 Å². The first-order valence-electron chi connectivity index (χ1n) is 5.07. The van der Waals surface area contributed by atoms with E-state index in [2.05, 4.69) is 22.6 Å². The topological polar surface area (TPSA) is 43.4 Å². The molecule has 0 radical (unpaired) electrons. The van der Waals surface area contributed by atoms with Crippen molar-refractivity contribution in [3.05, 3.63) is 10.2 Å². The number of cyclic esters (lactones) is 1. The van der Waals surface area contributed by atoms with E-state index in [1.54, 1.807) is 0 Å². The van der Waals surface area contributed by atoms with Crippen molar-refractivity contribution in [2.75, 3.05) is 0 Å². The zero-order valence-electron chi connectivity index (χ0n) is 8.69. The van der Waals surface area contributed by atoms with Gasteiger partial charge in [0.1, 0.15) is 12.4 Å². The highest BCUT2D eigenvalue weighted by Crippen LogP contribution is 2.28. The lowest BCUT2D eigenvalue weighted by atomic mass is 9.87. The largest absolute Gasteiger partial charge is 0.462 e. The lowest BCUT2D eigenvalue weighted by Gasteiger charge is -2.30. The number of aldehydes is 1. The SMILES string of the molecule is C[C@H](/C=C/I)[C@H]1C[C@@H](CC=O)CC(=O)O1. The first kappa shape index (κ1) is 12.7. The summed E-state index contributed by atoms with van der Waals surface area (Å²) in [6, 6.07) is 0. The third-order valence-corrected chi connectivity index (χ3v) is 3.11. The molecule has 1 saturated heterocycles. The molecule has 1 aliphatic rings. The molecule has 1 aliphatic heterocycles. The Morgan fingerprint density at radius 2 is 2.40 bits per heavy atom. The average molecular weight is 322 g/mol. The van der Waals surface area contributed by atoms with Gasteiger partial charge in [0.05, 0.1) is 0 Å². The van der Waals surface area contributed by atoms with Crippen molar-refractivity contribution in [3.8, 4) is 0 Å². The Kier molecular flexibility index (Phi) is 5.28. The summed E-state index contributed by atoms with van der Waals surface area (Å²) < 4.78 is 7.20. The molecule has 0 bridgehead atoms. The fourth-order valence-corrected chi connectivity index (χ4v) is 2.44. The van der Waals surface area contributed by atoms with E-state index in [1.165, 1.54) is 0 Å². The highest BCUT2D eigenvalue weighted by molar-refractivity contribution is 14.1. The molecule has 1 fully saturated rings. The van der Waals surface area contributed by atoms with Gasteiger partial charge in [0.15, 0.2) is 0 Å². The monoisotopic (exact) mass is 322 g/mol. The van der Waals surface area contributed by atoms with Gasteiger partial charge in [0.25, 0.3) is 0 Å². The number of ether oxygens (including phenoxy) is 1. The summed E-state index contributed by atoms with van der Waals surface area (Å²) in [6.45, 7) is 2.02. The van der Waals surface area contributed by atoms with Crippen LogP contribution in [0.15, 0.2) is 10.2 Å². The van der Waals surface area contributed by atoms with Crippen LogP contribution in [0.4, 0.5) is 0 Å². The number of carbonyl (C=O) groups is 2. The van der Waals surface area contributed by atoms with Crippen LogP contribution in [-0.4, -0.2) is 18.4 Å². The molecular formula is C11H15IO3. The molecule has 0 spiro atoms. The summed E-state index contributed by atoms with van der Waals surface area (Å²) in [7, 11) is 0. The summed E-state index contributed by atoms with van der Waals surface area (Å²) in [6.07, 6.45) is 4.48. The Morgan fingerprint density at radius 1 is 1.67 bits per heavy atom. The lowest BCUT2D eigenvalue weighted by Crippen LogP contribution is -2.33. The molecule has 1 heterocycles. The number of carbonyl (C=O) groups excluding carboxylic acids is 2. The quantitative estimate of drug-likeness (QED) is 0.454. The van der Waals surface area contributed by atoms with Gasteiger partial charge in [-0.2, -0.15) is 0 Å². The van der Waals surface area contributed by atoms with Gasteiger partial charge < -0.3 is 9.53 Å². The Labute approximate surface area is 103 Å². The Balaban J connectivity index is 2.58. The highest BCUT2D eigenvalue weighted by Gasteiger charge is 2.30. The molecule has 3 nitrogen and oxygen atoms in total. The van der Waals surface area contributed by atoms with Crippen molar-refractivity contribution >= 4 is 34.8 Å². The zero-order chi connectivity index (χ0) is 11.3. The molecule has 0 aromatic heterocycles. The minimum Gasteiger partial charge on any atom is -0.462 e. The third-order valence-electron chi connectivity index (χ3n) is 2.70. The second kappa shape index (κ2) is 6.25. The Morgan fingerprint density at radius 3 is 3.00 bits per heavy atom.